The Labute approximate surface area is 140 Å². The Bertz CT molecular complexity index is 240. The highest BCUT2D eigenvalue weighted by Crippen LogP contribution is 2.09. The van der Waals surface area contributed by atoms with Crippen LogP contribution in [0.4, 0.5) is 0 Å². The molecular weight excluding hydrogens is 270 g/mol. The van der Waals surface area contributed by atoms with E-state index >= 15 is 0 Å². The molecule has 2 nitrogen and oxygen atoms in total. The van der Waals surface area contributed by atoms with Crippen molar-refractivity contribution in [2.45, 2.75) is 104 Å². The fraction of sp³-hybridized carbons (Fsp3) is 0.950. The van der Waals surface area contributed by atoms with Crippen molar-refractivity contribution in [2.75, 3.05) is 19.6 Å². The third-order valence-electron chi connectivity index (χ3n) is 4.37. The Morgan fingerprint density at radius 2 is 1.14 bits per heavy atom. The molecule has 0 bridgehead atoms. The van der Waals surface area contributed by atoms with Crippen LogP contribution in [0.1, 0.15) is 104 Å². The number of carbonyl (C=O) groups excluding carboxylic acids is 1. The zero-order valence-electron chi connectivity index (χ0n) is 15.7. The molecule has 22 heavy (non-hydrogen) atoms. The monoisotopic (exact) mass is 311 g/mol. The lowest BCUT2D eigenvalue weighted by atomic mass is 10.1. The number of carbonyl (C=O) groups is 1. The zero-order valence-corrected chi connectivity index (χ0v) is 15.7. The fourth-order valence-corrected chi connectivity index (χ4v) is 3.01. The van der Waals surface area contributed by atoms with Crippen LogP contribution in [-0.4, -0.2) is 30.3 Å². The summed E-state index contributed by atoms with van der Waals surface area (Å²) in [6.07, 6.45) is 16.7. The van der Waals surface area contributed by atoms with Gasteiger partial charge >= 0.3 is 0 Å². The first-order valence-electron chi connectivity index (χ1n) is 9.92. The largest absolute Gasteiger partial charge is 0.303 e. The average Bonchev–Trinajstić information content (AvgIpc) is 2.49. The molecule has 0 amide bonds. The molecule has 0 aromatic rings. The number of Topliss-reactive ketones (excluding diaryl/α,β-unsaturated/α-hetero) is 1. The van der Waals surface area contributed by atoms with E-state index in [1.165, 1.54) is 90.3 Å². The smallest absolute Gasteiger partial charge is 0.129 e. The summed E-state index contributed by atoms with van der Waals surface area (Å²) in [6.45, 7) is 10.1. The van der Waals surface area contributed by atoms with E-state index in [9.17, 15) is 4.79 Å². The van der Waals surface area contributed by atoms with Gasteiger partial charge in [0, 0.05) is 6.42 Å². The normalized spacial score (nSPS) is 11.3. The van der Waals surface area contributed by atoms with E-state index in [0.717, 1.165) is 12.8 Å². The van der Waals surface area contributed by atoms with Gasteiger partial charge in [-0.25, -0.2) is 0 Å². The number of hydrogen-bond acceptors (Lipinski definition) is 2. The molecule has 0 rings (SSSR count). The molecule has 0 atom stereocenters. The standard InChI is InChI=1S/C20H41NO/c1-4-6-7-8-11-14-18-21(17-5-2)19-15-12-9-10-13-16-20(3)22/h4-19H2,1-3H3. The summed E-state index contributed by atoms with van der Waals surface area (Å²) in [5.74, 6) is 0.341. The predicted molar refractivity (Wildman–Crippen MR) is 98.5 cm³/mol. The maximum absolute atomic E-state index is 10.9. The van der Waals surface area contributed by atoms with Gasteiger partial charge in [-0.2, -0.15) is 0 Å². The van der Waals surface area contributed by atoms with E-state index in [0.29, 0.717) is 5.78 Å². The van der Waals surface area contributed by atoms with E-state index in [2.05, 4.69) is 18.7 Å². The number of ketones is 1. The highest BCUT2D eigenvalue weighted by atomic mass is 16.1. The SMILES string of the molecule is CCCCCCCCN(CCC)CCCCCCCC(C)=O. The molecule has 0 aliphatic carbocycles. The molecule has 0 aromatic carbocycles. The van der Waals surface area contributed by atoms with Crippen molar-refractivity contribution >= 4 is 5.78 Å². The number of unbranched alkanes of at least 4 members (excludes halogenated alkanes) is 9. The summed E-state index contributed by atoms with van der Waals surface area (Å²) < 4.78 is 0. The number of nitrogens with zero attached hydrogens (tertiary/aromatic N) is 1. The van der Waals surface area contributed by atoms with Crippen molar-refractivity contribution < 1.29 is 4.79 Å². The molecule has 0 radical (unpaired) electrons. The summed E-state index contributed by atoms with van der Waals surface area (Å²) in [6, 6.07) is 0. The lowest BCUT2D eigenvalue weighted by molar-refractivity contribution is -0.117. The van der Waals surface area contributed by atoms with Crippen LogP contribution in [0.25, 0.3) is 0 Å². The fourth-order valence-electron chi connectivity index (χ4n) is 3.01. The molecule has 0 unspecified atom stereocenters. The van der Waals surface area contributed by atoms with Crippen LogP contribution in [0.3, 0.4) is 0 Å². The van der Waals surface area contributed by atoms with Crippen molar-refractivity contribution in [1.29, 1.82) is 0 Å². The first-order chi connectivity index (χ1) is 10.7. The van der Waals surface area contributed by atoms with Crippen LogP contribution >= 0.6 is 0 Å². The van der Waals surface area contributed by atoms with Gasteiger partial charge in [0.25, 0.3) is 0 Å². The number of rotatable bonds is 17. The molecule has 0 aromatic heterocycles. The Morgan fingerprint density at radius 1 is 0.636 bits per heavy atom. The van der Waals surface area contributed by atoms with Crippen molar-refractivity contribution in [1.82, 2.24) is 4.90 Å². The van der Waals surface area contributed by atoms with E-state index in [1.807, 2.05) is 0 Å². The molecule has 0 aliphatic rings. The summed E-state index contributed by atoms with van der Waals surface area (Å²) in [5.41, 5.74) is 0. The molecule has 0 spiro atoms. The molecule has 0 N–H and O–H groups in total. The van der Waals surface area contributed by atoms with E-state index in [4.69, 9.17) is 0 Å². The molecule has 0 saturated carbocycles. The van der Waals surface area contributed by atoms with Gasteiger partial charge in [0.1, 0.15) is 5.78 Å². The van der Waals surface area contributed by atoms with Crippen molar-refractivity contribution in [3.63, 3.8) is 0 Å². The highest BCUT2D eigenvalue weighted by molar-refractivity contribution is 5.75. The molecule has 0 heterocycles. The summed E-state index contributed by atoms with van der Waals surface area (Å²) in [7, 11) is 0. The van der Waals surface area contributed by atoms with E-state index in [-0.39, 0.29) is 0 Å². The molecular formula is C20H41NO. The van der Waals surface area contributed by atoms with Crippen LogP contribution in [-0.2, 0) is 4.79 Å². The average molecular weight is 312 g/mol. The van der Waals surface area contributed by atoms with Crippen LogP contribution in [0.5, 0.6) is 0 Å². The van der Waals surface area contributed by atoms with Crippen molar-refractivity contribution in [3.05, 3.63) is 0 Å². The van der Waals surface area contributed by atoms with Crippen LogP contribution in [0.15, 0.2) is 0 Å². The Hall–Kier alpha value is -0.370. The summed E-state index contributed by atoms with van der Waals surface area (Å²) >= 11 is 0. The Kier molecular flexibility index (Phi) is 16.7. The predicted octanol–water partition coefficient (Wildman–Crippen LogP) is 5.99. The topological polar surface area (TPSA) is 20.3 Å². The van der Waals surface area contributed by atoms with Crippen LogP contribution in [0, 0.1) is 0 Å². The molecule has 2 heteroatoms. The lowest BCUT2D eigenvalue weighted by Gasteiger charge is -2.21. The van der Waals surface area contributed by atoms with Crippen molar-refractivity contribution in [3.8, 4) is 0 Å². The molecule has 132 valence electrons. The minimum atomic E-state index is 0.341. The van der Waals surface area contributed by atoms with Gasteiger partial charge in [0.15, 0.2) is 0 Å². The van der Waals surface area contributed by atoms with Gasteiger partial charge in [-0.05, 0) is 52.2 Å². The second-order valence-electron chi connectivity index (χ2n) is 6.83. The van der Waals surface area contributed by atoms with Crippen molar-refractivity contribution in [2.24, 2.45) is 0 Å². The van der Waals surface area contributed by atoms with E-state index in [1.54, 1.807) is 6.92 Å². The maximum atomic E-state index is 10.9. The van der Waals surface area contributed by atoms with Gasteiger partial charge in [0.05, 0.1) is 0 Å². The first kappa shape index (κ1) is 21.6. The Morgan fingerprint density at radius 3 is 1.64 bits per heavy atom. The van der Waals surface area contributed by atoms with Gasteiger partial charge in [-0.3, -0.25) is 0 Å². The van der Waals surface area contributed by atoms with Crippen LogP contribution < -0.4 is 0 Å². The number of hydrogen-bond donors (Lipinski definition) is 0. The Balaban J connectivity index is 3.49. The van der Waals surface area contributed by atoms with Gasteiger partial charge in [0.2, 0.25) is 0 Å². The van der Waals surface area contributed by atoms with Gasteiger partial charge < -0.3 is 9.69 Å². The first-order valence-corrected chi connectivity index (χ1v) is 9.92. The summed E-state index contributed by atoms with van der Waals surface area (Å²) in [5, 5.41) is 0. The quantitative estimate of drug-likeness (QED) is 0.308. The second-order valence-corrected chi connectivity index (χ2v) is 6.83. The molecule has 0 aliphatic heterocycles. The van der Waals surface area contributed by atoms with Crippen LogP contribution in [0.2, 0.25) is 0 Å². The lowest BCUT2D eigenvalue weighted by Crippen LogP contribution is -2.27. The summed E-state index contributed by atoms with van der Waals surface area (Å²) in [4.78, 5) is 13.5. The zero-order chi connectivity index (χ0) is 16.5. The van der Waals surface area contributed by atoms with Gasteiger partial charge in [-0.15, -0.1) is 0 Å². The third-order valence-corrected chi connectivity index (χ3v) is 4.37. The van der Waals surface area contributed by atoms with E-state index < -0.39 is 0 Å². The maximum Gasteiger partial charge on any atom is 0.129 e. The highest BCUT2D eigenvalue weighted by Gasteiger charge is 2.03. The third kappa shape index (κ3) is 16.0. The second kappa shape index (κ2) is 17.0. The molecule has 0 fully saturated rings. The molecule has 0 saturated heterocycles. The minimum Gasteiger partial charge on any atom is -0.303 e. The van der Waals surface area contributed by atoms with Gasteiger partial charge in [-0.1, -0.05) is 65.2 Å². The minimum absolute atomic E-state index is 0.341.